The van der Waals surface area contributed by atoms with E-state index in [0.29, 0.717) is 4.47 Å². The first-order valence-corrected chi connectivity index (χ1v) is 4.67. The Morgan fingerprint density at radius 3 is 2.80 bits per heavy atom. The summed E-state index contributed by atoms with van der Waals surface area (Å²) in [5, 5.41) is 0. The average molecular weight is 220 g/mol. The molecule has 0 saturated carbocycles. The Labute approximate surface area is 72.0 Å². The van der Waals surface area contributed by atoms with Crippen LogP contribution in [0.4, 0.5) is 4.39 Å². The van der Waals surface area contributed by atoms with Gasteiger partial charge < -0.3 is 0 Å². The second-order valence-corrected chi connectivity index (χ2v) is 3.33. The van der Waals surface area contributed by atoms with Crippen LogP contribution < -0.4 is 0 Å². The van der Waals surface area contributed by atoms with Crippen LogP contribution >= 0.6 is 27.7 Å². The van der Waals surface area contributed by atoms with Crippen molar-refractivity contribution in [1.82, 2.24) is 0 Å². The quantitative estimate of drug-likeness (QED) is 0.655. The fourth-order valence-electron chi connectivity index (χ4n) is 0.588. The number of thioether (sulfide) groups is 1. The maximum Gasteiger partial charge on any atom is 0.132 e. The average Bonchev–Trinajstić information content (AvgIpc) is 1.88. The molecule has 53 valence electrons. The lowest BCUT2D eigenvalue weighted by atomic mass is 10.3. The highest BCUT2D eigenvalue weighted by atomic mass is 79.9. The molecule has 0 aliphatic heterocycles. The van der Waals surface area contributed by atoms with E-state index >= 15 is 0 Å². The summed E-state index contributed by atoms with van der Waals surface area (Å²) in [4.78, 5) is 1.00. The zero-order valence-electron chi connectivity index (χ0n) is 5.32. The predicted molar refractivity (Wildman–Crippen MR) is 44.7 cm³/mol. The lowest BCUT2D eigenvalue weighted by Gasteiger charge is -1.97. The lowest BCUT2D eigenvalue weighted by molar-refractivity contribution is 0.623. The highest BCUT2D eigenvalue weighted by Crippen LogP contribution is 2.25. The van der Waals surface area contributed by atoms with Gasteiger partial charge in [0.1, 0.15) is 5.82 Å². The third-order valence-electron chi connectivity index (χ3n) is 1.05. The van der Waals surface area contributed by atoms with Crippen molar-refractivity contribution in [1.29, 1.82) is 0 Å². The van der Waals surface area contributed by atoms with E-state index in [2.05, 4.69) is 22.0 Å². The van der Waals surface area contributed by atoms with Gasteiger partial charge >= 0.3 is 0 Å². The molecule has 0 amide bonds. The van der Waals surface area contributed by atoms with Gasteiger partial charge in [0.2, 0.25) is 0 Å². The minimum atomic E-state index is -0.329. The Morgan fingerprint density at radius 1 is 1.60 bits per heavy atom. The number of benzene rings is 1. The highest BCUT2D eigenvalue weighted by molar-refractivity contribution is 9.10. The van der Waals surface area contributed by atoms with Crippen molar-refractivity contribution in [2.75, 3.05) is 6.26 Å². The van der Waals surface area contributed by atoms with Crippen LogP contribution in [0.25, 0.3) is 0 Å². The zero-order valence-corrected chi connectivity index (χ0v) is 7.72. The lowest BCUT2D eigenvalue weighted by Crippen LogP contribution is -1.76. The van der Waals surface area contributed by atoms with Crippen LogP contribution in [0.15, 0.2) is 21.5 Å². The molecule has 10 heavy (non-hydrogen) atoms. The third kappa shape index (κ3) is 1.73. The predicted octanol–water partition coefficient (Wildman–Crippen LogP) is 3.11. The largest absolute Gasteiger partial charge is 0.206 e. The van der Waals surface area contributed by atoms with Gasteiger partial charge in [-0.25, -0.2) is 4.39 Å². The summed E-state index contributed by atoms with van der Waals surface area (Å²) in [6.45, 7) is 0. The van der Waals surface area contributed by atoms with Crippen molar-refractivity contribution in [3.63, 3.8) is 0 Å². The Morgan fingerprint density at radius 2 is 2.30 bits per heavy atom. The van der Waals surface area contributed by atoms with Crippen molar-refractivity contribution in [3.8, 4) is 0 Å². The van der Waals surface area contributed by atoms with E-state index in [1.807, 2.05) is 6.26 Å². The molecule has 0 nitrogen and oxygen atoms in total. The van der Waals surface area contributed by atoms with Crippen LogP contribution in [0, 0.1) is 11.9 Å². The molecule has 1 radical (unpaired) electrons. The molecule has 0 spiro atoms. The van der Waals surface area contributed by atoms with Gasteiger partial charge in [-0.2, -0.15) is 0 Å². The molecular weight excluding hydrogens is 215 g/mol. The molecule has 0 aromatic heterocycles. The monoisotopic (exact) mass is 219 g/mol. The Kier molecular flexibility index (Phi) is 2.74. The minimum absolute atomic E-state index is 0.329. The molecule has 0 unspecified atom stereocenters. The summed E-state index contributed by atoms with van der Waals surface area (Å²) in [5.74, 6) is -0.329. The standard InChI is InChI=1S/C7H5BrFS/c1-10-7-3-2-5(9)4-6(7)8/h2-3H,1H3. The molecule has 1 aromatic rings. The van der Waals surface area contributed by atoms with Crippen LogP contribution in [0.1, 0.15) is 0 Å². The zero-order chi connectivity index (χ0) is 7.56. The maximum absolute atomic E-state index is 12.4. The van der Waals surface area contributed by atoms with Gasteiger partial charge in [0.05, 0.1) is 0 Å². The number of hydrogen-bond acceptors (Lipinski definition) is 1. The summed E-state index contributed by atoms with van der Waals surface area (Å²) in [6.07, 6.45) is 1.94. The summed E-state index contributed by atoms with van der Waals surface area (Å²) in [6, 6.07) is 5.64. The summed E-state index contributed by atoms with van der Waals surface area (Å²) in [7, 11) is 0. The Hall–Kier alpha value is -0.0200. The second kappa shape index (κ2) is 3.39. The smallest absolute Gasteiger partial charge is 0.132 e. The number of hydrogen-bond donors (Lipinski definition) is 0. The van der Waals surface area contributed by atoms with E-state index in [4.69, 9.17) is 0 Å². The maximum atomic E-state index is 12.4. The SMILES string of the molecule is CSc1ccc(F)[c]c1Br. The topological polar surface area (TPSA) is 0 Å². The molecule has 1 aromatic carbocycles. The molecule has 3 heteroatoms. The van der Waals surface area contributed by atoms with Crippen molar-refractivity contribution in [2.45, 2.75) is 4.90 Å². The van der Waals surface area contributed by atoms with Crippen LogP contribution in [-0.2, 0) is 0 Å². The second-order valence-electron chi connectivity index (χ2n) is 1.69. The highest BCUT2D eigenvalue weighted by Gasteiger charge is 1.98. The van der Waals surface area contributed by atoms with Crippen LogP contribution in [0.3, 0.4) is 0 Å². The third-order valence-corrected chi connectivity index (χ3v) is 2.71. The van der Waals surface area contributed by atoms with Gasteiger partial charge in [0.25, 0.3) is 0 Å². The molecule has 0 aliphatic rings. The van der Waals surface area contributed by atoms with Crippen LogP contribution in [0.2, 0.25) is 0 Å². The van der Waals surface area contributed by atoms with Crippen molar-refractivity contribution in [3.05, 3.63) is 28.5 Å². The molecule has 0 heterocycles. The van der Waals surface area contributed by atoms with E-state index in [1.165, 1.54) is 6.07 Å². The van der Waals surface area contributed by atoms with Crippen molar-refractivity contribution >= 4 is 27.7 Å². The first-order valence-electron chi connectivity index (χ1n) is 2.65. The Bertz CT molecular complexity index is 237. The van der Waals surface area contributed by atoms with E-state index in [-0.39, 0.29) is 5.82 Å². The van der Waals surface area contributed by atoms with E-state index in [9.17, 15) is 4.39 Å². The van der Waals surface area contributed by atoms with Gasteiger partial charge in [-0.1, -0.05) is 0 Å². The molecular formula is C7H5BrFS. The fourth-order valence-corrected chi connectivity index (χ4v) is 1.83. The molecule has 0 aliphatic carbocycles. The molecule has 0 fully saturated rings. The normalized spacial score (nSPS) is 9.90. The van der Waals surface area contributed by atoms with Gasteiger partial charge in [-0.15, -0.1) is 11.8 Å². The number of rotatable bonds is 1. The molecule has 0 saturated heterocycles. The fraction of sp³-hybridized carbons (Fsp3) is 0.143. The van der Waals surface area contributed by atoms with E-state index in [0.717, 1.165) is 4.90 Å². The van der Waals surface area contributed by atoms with Crippen LogP contribution in [-0.4, -0.2) is 6.26 Å². The van der Waals surface area contributed by atoms with Crippen molar-refractivity contribution in [2.24, 2.45) is 0 Å². The van der Waals surface area contributed by atoms with Gasteiger partial charge in [-0.3, -0.25) is 0 Å². The van der Waals surface area contributed by atoms with Gasteiger partial charge in [0, 0.05) is 15.4 Å². The number of halogens is 2. The van der Waals surface area contributed by atoms with E-state index < -0.39 is 0 Å². The summed E-state index contributed by atoms with van der Waals surface area (Å²) >= 11 is 4.75. The van der Waals surface area contributed by atoms with Gasteiger partial charge in [-0.05, 0) is 34.3 Å². The minimum Gasteiger partial charge on any atom is -0.206 e. The van der Waals surface area contributed by atoms with Gasteiger partial charge in [0.15, 0.2) is 0 Å². The first kappa shape index (κ1) is 8.08. The Balaban J connectivity index is 3.07. The summed E-state index contributed by atoms with van der Waals surface area (Å²) in [5.41, 5.74) is 0. The molecule has 0 N–H and O–H groups in total. The van der Waals surface area contributed by atoms with Crippen LogP contribution in [0.5, 0.6) is 0 Å². The van der Waals surface area contributed by atoms with E-state index in [1.54, 1.807) is 17.8 Å². The van der Waals surface area contributed by atoms with Crippen molar-refractivity contribution < 1.29 is 4.39 Å². The first-order chi connectivity index (χ1) is 4.74. The molecule has 0 bridgehead atoms. The summed E-state index contributed by atoms with van der Waals surface area (Å²) < 4.78 is 13.1. The molecule has 0 atom stereocenters. The molecule has 1 rings (SSSR count).